The van der Waals surface area contributed by atoms with Crippen LogP contribution in [0.3, 0.4) is 0 Å². The van der Waals surface area contributed by atoms with E-state index in [0.717, 1.165) is 28.8 Å². The Bertz CT molecular complexity index is 1220. The Balaban J connectivity index is 1.33. The largest absolute Gasteiger partial charge is 0.495 e. The predicted octanol–water partition coefficient (Wildman–Crippen LogP) is 5.83. The molecule has 35 heavy (non-hydrogen) atoms. The minimum atomic E-state index is -0.257. The maximum atomic E-state index is 12.8. The normalized spacial score (nSPS) is 13.7. The van der Waals surface area contributed by atoms with Gasteiger partial charge in [-0.2, -0.15) is 0 Å². The van der Waals surface area contributed by atoms with E-state index in [0.29, 0.717) is 34.6 Å². The first-order valence-corrected chi connectivity index (χ1v) is 12.7. The number of methoxy groups -OCH3 is 1. The molecule has 2 amide bonds. The van der Waals surface area contributed by atoms with Crippen LogP contribution in [0.15, 0.2) is 81.8 Å². The van der Waals surface area contributed by atoms with E-state index in [1.807, 2.05) is 71.6 Å². The smallest absolute Gasteiger partial charge is 0.259 e. The molecule has 0 spiro atoms. The molecule has 6 nitrogen and oxygen atoms in total. The average Bonchev–Trinajstić information content (AvgIpc) is 2.88. The summed E-state index contributed by atoms with van der Waals surface area (Å²) in [6.07, 6.45) is 3.49. The third kappa shape index (κ3) is 6.32. The molecule has 3 aromatic carbocycles. The molecule has 8 heteroatoms. The van der Waals surface area contributed by atoms with Gasteiger partial charge in [0.05, 0.1) is 17.1 Å². The van der Waals surface area contributed by atoms with Gasteiger partial charge in [-0.25, -0.2) is 0 Å². The van der Waals surface area contributed by atoms with E-state index >= 15 is 0 Å². The molecule has 1 heterocycles. The Kier molecular flexibility index (Phi) is 8.25. The van der Waals surface area contributed by atoms with Crippen LogP contribution in [-0.2, 0) is 4.79 Å². The lowest BCUT2D eigenvalue weighted by molar-refractivity contribution is -0.126. The number of carbonyl (C=O) groups is 2. The third-order valence-electron chi connectivity index (χ3n) is 5.76. The van der Waals surface area contributed by atoms with E-state index in [-0.39, 0.29) is 11.8 Å². The van der Waals surface area contributed by atoms with E-state index in [2.05, 4.69) is 42.1 Å². The van der Waals surface area contributed by atoms with Gasteiger partial charge < -0.3 is 19.9 Å². The van der Waals surface area contributed by atoms with Crippen molar-refractivity contribution in [2.75, 3.05) is 43.5 Å². The maximum Gasteiger partial charge on any atom is 0.259 e. The molecule has 1 saturated heterocycles. The van der Waals surface area contributed by atoms with Gasteiger partial charge in [0, 0.05) is 48.1 Å². The molecule has 1 aliphatic heterocycles. The van der Waals surface area contributed by atoms with Gasteiger partial charge in [-0.15, -0.1) is 0 Å². The van der Waals surface area contributed by atoms with E-state index in [9.17, 15) is 9.59 Å². The second-order valence-corrected chi connectivity index (χ2v) is 9.80. The Morgan fingerprint density at radius 3 is 2.29 bits per heavy atom. The van der Waals surface area contributed by atoms with Crippen LogP contribution in [0.4, 0.5) is 11.4 Å². The van der Waals surface area contributed by atoms with Crippen molar-refractivity contribution >= 4 is 61.1 Å². The van der Waals surface area contributed by atoms with Crippen molar-refractivity contribution in [1.82, 2.24) is 4.90 Å². The second-order valence-electron chi connectivity index (χ2n) is 8.03. The van der Waals surface area contributed by atoms with Crippen LogP contribution in [0.5, 0.6) is 5.75 Å². The first-order valence-electron chi connectivity index (χ1n) is 11.2. The van der Waals surface area contributed by atoms with Crippen LogP contribution >= 0.6 is 31.9 Å². The molecular weight excluding hydrogens is 574 g/mol. The lowest BCUT2D eigenvalue weighted by Gasteiger charge is -2.35. The van der Waals surface area contributed by atoms with Crippen LogP contribution in [0.25, 0.3) is 6.08 Å². The van der Waals surface area contributed by atoms with E-state index in [4.69, 9.17) is 4.74 Å². The summed E-state index contributed by atoms with van der Waals surface area (Å²) in [4.78, 5) is 29.5. The minimum Gasteiger partial charge on any atom is -0.495 e. The molecule has 0 atom stereocenters. The molecule has 0 aliphatic carbocycles. The molecule has 1 aliphatic rings. The van der Waals surface area contributed by atoms with Crippen LogP contribution < -0.4 is 15.0 Å². The highest BCUT2D eigenvalue weighted by atomic mass is 79.9. The van der Waals surface area contributed by atoms with Crippen molar-refractivity contribution in [2.45, 2.75) is 0 Å². The fourth-order valence-electron chi connectivity index (χ4n) is 3.91. The molecule has 0 radical (unpaired) electrons. The summed E-state index contributed by atoms with van der Waals surface area (Å²) in [5.74, 6) is 0.252. The lowest BCUT2D eigenvalue weighted by atomic mass is 10.1. The molecule has 180 valence electrons. The number of hydrogen-bond acceptors (Lipinski definition) is 4. The number of nitrogens with zero attached hydrogens (tertiary/aromatic N) is 2. The number of carbonyl (C=O) groups excluding carboxylic acids is 2. The number of nitrogens with one attached hydrogen (secondary N) is 1. The number of ether oxygens (including phenoxy) is 1. The first kappa shape index (κ1) is 25.0. The molecule has 0 saturated carbocycles. The Morgan fingerprint density at radius 1 is 0.943 bits per heavy atom. The highest BCUT2D eigenvalue weighted by Crippen LogP contribution is 2.33. The number of amides is 2. The van der Waals surface area contributed by atoms with Gasteiger partial charge in [0.1, 0.15) is 5.75 Å². The fraction of sp³-hybridized carbons (Fsp3) is 0.185. The monoisotopic (exact) mass is 597 g/mol. The van der Waals surface area contributed by atoms with E-state index < -0.39 is 0 Å². The molecule has 1 N–H and O–H groups in total. The van der Waals surface area contributed by atoms with E-state index in [1.54, 1.807) is 12.1 Å². The summed E-state index contributed by atoms with van der Waals surface area (Å²) in [6.45, 7) is 2.82. The summed E-state index contributed by atoms with van der Waals surface area (Å²) in [7, 11) is 1.53. The molecule has 0 unspecified atom stereocenters. The molecule has 1 fully saturated rings. The summed E-state index contributed by atoms with van der Waals surface area (Å²) in [6, 6.07) is 21.1. The topological polar surface area (TPSA) is 61.9 Å². The molecule has 4 rings (SSSR count). The fourth-order valence-corrected chi connectivity index (χ4v) is 5.30. The maximum absolute atomic E-state index is 12.8. The number of hydrogen-bond donors (Lipinski definition) is 1. The lowest BCUT2D eigenvalue weighted by Crippen LogP contribution is -2.48. The van der Waals surface area contributed by atoms with Gasteiger partial charge in [-0.05, 0) is 64.0 Å². The zero-order chi connectivity index (χ0) is 24.8. The second kappa shape index (κ2) is 11.6. The quantitative estimate of drug-likeness (QED) is 0.363. The van der Waals surface area contributed by atoms with Crippen LogP contribution in [-0.4, -0.2) is 50.0 Å². The minimum absolute atomic E-state index is 0.0289. The van der Waals surface area contributed by atoms with E-state index in [1.165, 1.54) is 7.11 Å². The summed E-state index contributed by atoms with van der Waals surface area (Å²) >= 11 is 6.85. The van der Waals surface area contributed by atoms with Gasteiger partial charge in [0.2, 0.25) is 5.91 Å². The number of halogens is 2. The van der Waals surface area contributed by atoms with Gasteiger partial charge in [0.15, 0.2) is 0 Å². The van der Waals surface area contributed by atoms with Gasteiger partial charge in [-0.3, -0.25) is 9.59 Å². The first-order chi connectivity index (χ1) is 16.9. The zero-order valence-corrected chi connectivity index (χ0v) is 22.4. The number of rotatable bonds is 6. The van der Waals surface area contributed by atoms with Gasteiger partial charge in [-0.1, -0.05) is 46.3 Å². The van der Waals surface area contributed by atoms with Crippen LogP contribution in [0.1, 0.15) is 15.9 Å². The summed E-state index contributed by atoms with van der Waals surface area (Å²) < 4.78 is 6.86. The highest BCUT2D eigenvalue weighted by molar-refractivity contribution is 9.11. The van der Waals surface area contributed by atoms with Crippen molar-refractivity contribution in [3.05, 3.63) is 92.9 Å². The predicted molar refractivity (Wildman–Crippen MR) is 147 cm³/mol. The van der Waals surface area contributed by atoms with Gasteiger partial charge in [0.25, 0.3) is 5.91 Å². The highest BCUT2D eigenvalue weighted by Gasteiger charge is 2.20. The Morgan fingerprint density at radius 2 is 1.63 bits per heavy atom. The number of benzene rings is 3. The van der Waals surface area contributed by atoms with Crippen molar-refractivity contribution < 1.29 is 14.3 Å². The standard InChI is InChI=1S/C27H25Br2N3O3/c1-35-26-23(17-20(28)18-24(26)29)27(34)30-21-8-10-22(11-9-21)31-13-15-32(16-14-31)25(33)12-7-19-5-3-2-4-6-19/h2-12,17-18H,13-16H2,1H3,(H,30,34)/b12-7+. The SMILES string of the molecule is COc1c(Br)cc(Br)cc1C(=O)Nc1ccc(N2CCN(C(=O)/C=C/c3ccccc3)CC2)cc1. The Labute approximate surface area is 221 Å². The molecule has 3 aromatic rings. The van der Waals surface area contributed by atoms with Crippen molar-refractivity contribution in [2.24, 2.45) is 0 Å². The van der Waals surface area contributed by atoms with Crippen molar-refractivity contribution in [3.8, 4) is 5.75 Å². The third-order valence-corrected chi connectivity index (χ3v) is 6.80. The molecule has 0 aromatic heterocycles. The summed E-state index contributed by atoms with van der Waals surface area (Å²) in [5, 5.41) is 2.93. The molecule has 0 bridgehead atoms. The average molecular weight is 599 g/mol. The Hall–Kier alpha value is -3.10. The molecular formula is C27H25Br2N3O3. The van der Waals surface area contributed by atoms with Gasteiger partial charge >= 0.3 is 0 Å². The number of piperazine rings is 1. The zero-order valence-electron chi connectivity index (χ0n) is 19.2. The van der Waals surface area contributed by atoms with Crippen LogP contribution in [0.2, 0.25) is 0 Å². The van der Waals surface area contributed by atoms with Crippen LogP contribution in [0, 0.1) is 0 Å². The number of anilines is 2. The summed E-state index contributed by atoms with van der Waals surface area (Å²) in [5.41, 5.74) is 3.19. The van der Waals surface area contributed by atoms with Crippen molar-refractivity contribution in [3.63, 3.8) is 0 Å². The van der Waals surface area contributed by atoms with Crippen molar-refractivity contribution in [1.29, 1.82) is 0 Å².